The zero-order valence-corrected chi connectivity index (χ0v) is 17.8. The Bertz CT molecular complexity index is 1100. The summed E-state index contributed by atoms with van der Waals surface area (Å²) in [7, 11) is -3.53. The van der Waals surface area contributed by atoms with Gasteiger partial charge >= 0.3 is 0 Å². The van der Waals surface area contributed by atoms with Gasteiger partial charge in [-0.2, -0.15) is 5.10 Å². The molecule has 0 aliphatic carbocycles. The molecular weight excluding hydrogens is 422 g/mol. The number of nitrogens with zero attached hydrogens (tertiary/aromatic N) is 3. The standard InChI is InChI=1S/C21H22ClN5O2S/c22-17-5-3-16(4-6-17)15-30(28,29)26-19-9-7-18(8-10-19)24-21-13-20(14-23-25-21)27-11-1-2-12-27/h3-10,13-14,26H,1-2,11-12,15H2,(H,24,25). The van der Waals surface area contributed by atoms with Crippen molar-refractivity contribution in [2.75, 3.05) is 28.0 Å². The lowest BCUT2D eigenvalue weighted by atomic mass is 10.2. The van der Waals surface area contributed by atoms with Gasteiger partial charge in [0.25, 0.3) is 0 Å². The number of benzene rings is 2. The number of hydrogen-bond donors (Lipinski definition) is 2. The highest BCUT2D eigenvalue weighted by Crippen LogP contribution is 2.24. The lowest BCUT2D eigenvalue weighted by molar-refractivity contribution is 0.600. The van der Waals surface area contributed by atoms with Crippen molar-refractivity contribution in [3.05, 3.63) is 71.4 Å². The first-order chi connectivity index (χ1) is 14.5. The van der Waals surface area contributed by atoms with E-state index in [0.29, 0.717) is 22.1 Å². The first-order valence-electron chi connectivity index (χ1n) is 9.67. The van der Waals surface area contributed by atoms with Gasteiger partial charge in [-0.15, -0.1) is 5.10 Å². The molecule has 1 aromatic heterocycles. The summed E-state index contributed by atoms with van der Waals surface area (Å²) < 4.78 is 27.4. The molecule has 2 heterocycles. The van der Waals surface area contributed by atoms with Crippen molar-refractivity contribution in [2.24, 2.45) is 0 Å². The molecule has 0 unspecified atom stereocenters. The highest BCUT2D eigenvalue weighted by atomic mass is 35.5. The van der Waals surface area contributed by atoms with Gasteiger partial charge in [0.15, 0.2) is 5.82 Å². The predicted molar refractivity (Wildman–Crippen MR) is 121 cm³/mol. The van der Waals surface area contributed by atoms with Gasteiger partial charge in [-0.1, -0.05) is 23.7 Å². The Kier molecular flexibility index (Phi) is 6.06. The molecule has 0 spiro atoms. The number of nitrogens with one attached hydrogen (secondary N) is 2. The summed E-state index contributed by atoms with van der Waals surface area (Å²) in [5, 5.41) is 12.0. The molecule has 0 bridgehead atoms. The molecule has 2 N–H and O–H groups in total. The van der Waals surface area contributed by atoms with Crippen LogP contribution in [0.5, 0.6) is 0 Å². The van der Waals surface area contributed by atoms with Crippen LogP contribution < -0.4 is 14.9 Å². The van der Waals surface area contributed by atoms with Gasteiger partial charge in [0.05, 0.1) is 17.6 Å². The van der Waals surface area contributed by atoms with Gasteiger partial charge in [-0.25, -0.2) is 8.42 Å². The highest BCUT2D eigenvalue weighted by Gasteiger charge is 2.14. The molecule has 9 heteroatoms. The summed E-state index contributed by atoms with van der Waals surface area (Å²) >= 11 is 5.85. The van der Waals surface area contributed by atoms with E-state index in [1.165, 1.54) is 12.8 Å². The van der Waals surface area contributed by atoms with E-state index >= 15 is 0 Å². The van der Waals surface area contributed by atoms with Gasteiger partial charge in [0, 0.05) is 35.6 Å². The Morgan fingerprint density at radius 3 is 2.33 bits per heavy atom. The number of rotatable bonds is 7. The Hall–Kier alpha value is -2.84. The fourth-order valence-corrected chi connectivity index (χ4v) is 4.68. The van der Waals surface area contributed by atoms with Gasteiger partial charge in [-0.05, 0) is 54.8 Å². The zero-order valence-electron chi connectivity index (χ0n) is 16.3. The molecule has 4 rings (SSSR count). The number of anilines is 4. The average molecular weight is 444 g/mol. The maximum atomic E-state index is 12.4. The van der Waals surface area contributed by atoms with Crippen LogP contribution in [0.3, 0.4) is 0 Å². The highest BCUT2D eigenvalue weighted by molar-refractivity contribution is 7.91. The van der Waals surface area contributed by atoms with Gasteiger partial charge in [-0.3, -0.25) is 4.72 Å². The predicted octanol–water partition coefficient (Wildman–Crippen LogP) is 4.42. The molecule has 0 radical (unpaired) electrons. The first kappa shape index (κ1) is 20.4. The molecule has 3 aromatic rings. The third-order valence-corrected chi connectivity index (χ3v) is 6.32. The fraction of sp³-hybridized carbons (Fsp3) is 0.238. The van der Waals surface area contributed by atoms with E-state index in [4.69, 9.17) is 11.6 Å². The van der Waals surface area contributed by atoms with Crippen molar-refractivity contribution in [2.45, 2.75) is 18.6 Å². The summed E-state index contributed by atoms with van der Waals surface area (Å²) in [6, 6.07) is 15.7. The van der Waals surface area contributed by atoms with E-state index in [1.54, 1.807) is 54.7 Å². The van der Waals surface area contributed by atoms with Crippen LogP contribution in [0.15, 0.2) is 60.8 Å². The largest absolute Gasteiger partial charge is 0.370 e. The van der Waals surface area contributed by atoms with Crippen LogP contribution in [0.1, 0.15) is 18.4 Å². The lowest BCUT2D eigenvalue weighted by Gasteiger charge is -2.17. The fourth-order valence-electron chi connectivity index (χ4n) is 3.35. The molecule has 1 saturated heterocycles. The quantitative estimate of drug-likeness (QED) is 0.562. The third-order valence-electron chi connectivity index (χ3n) is 4.81. The molecular formula is C21H22ClN5O2S. The minimum Gasteiger partial charge on any atom is -0.370 e. The van der Waals surface area contributed by atoms with Crippen molar-refractivity contribution >= 4 is 44.5 Å². The number of halogens is 1. The van der Waals surface area contributed by atoms with Gasteiger partial charge in [0.2, 0.25) is 10.0 Å². The topological polar surface area (TPSA) is 87.2 Å². The summed E-state index contributed by atoms with van der Waals surface area (Å²) in [6.45, 7) is 2.08. The van der Waals surface area contributed by atoms with E-state index in [9.17, 15) is 8.42 Å². The molecule has 1 fully saturated rings. The van der Waals surface area contributed by atoms with Gasteiger partial charge < -0.3 is 10.2 Å². The third kappa shape index (κ3) is 5.40. The Morgan fingerprint density at radius 1 is 0.967 bits per heavy atom. The van der Waals surface area contributed by atoms with Crippen LogP contribution in [-0.4, -0.2) is 31.7 Å². The Morgan fingerprint density at radius 2 is 1.63 bits per heavy atom. The molecule has 1 aliphatic heterocycles. The maximum absolute atomic E-state index is 12.4. The van der Waals surface area contributed by atoms with E-state index in [2.05, 4.69) is 25.1 Å². The molecule has 7 nitrogen and oxygen atoms in total. The van der Waals surface area contributed by atoms with E-state index < -0.39 is 10.0 Å². The molecule has 30 heavy (non-hydrogen) atoms. The second-order valence-electron chi connectivity index (χ2n) is 7.18. The van der Waals surface area contributed by atoms with Crippen LogP contribution in [0.25, 0.3) is 0 Å². The molecule has 0 saturated carbocycles. The van der Waals surface area contributed by atoms with Crippen LogP contribution >= 0.6 is 11.6 Å². The van der Waals surface area contributed by atoms with E-state index in [-0.39, 0.29) is 5.75 Å². The Labute approximate surface area is 181 Å². The van der Waals surface area contributed by atoms with Crippen molar-refractivity contribution in [1.29, 1.82) is 0 Å². The van der Waals surface area contributed by atoms with Crippen molar-refractivity contribution in [1.82, 2.24) is 10.2 Å². The van der Waals surface area contributed by atoms with Gasteiger partial charge in [0.1, 0.15) is 0 Å². The van der Waals surface area contributed by atoms with Crippen molar-refractivity contribution < 1.29 is 8.42 Å². The van der Waals surface area contributed by atoms with Crippen LogP contribution in [-0.2, 0) is 15.8 Å². The van der Waals surface area contributed by atoms with Crippen LogP contribution in [0.2, 0.25) is 5.02 Å². The van der Waals surface area contributed by atoms with Crippen molar-refractivity contribution in [3.63, 3.8) is 0 Å². The van der Waals surface area contributed by atoms with Crippen molar-refractivity contribution in [3.8, 4) is 0 Å². The Balaban J connectivity index is 1.39. The summed E-state index contributed by atoms with van der Waals surface area (Å²) in [6.07, 6.45) is 4.16. The second kappa shape index (κ2) is 8.89. The normalized spacial score (nSPS) is 14.0. The number of sulfonamides is 1. The van der Waals surface area contributed by atoms with Crippen LogP contribution in [0, 0.1) is 0 Å². The average Bonchev–Trinajstić information content (AvgIpc) is 3.26. The summed E-state index contributed by atoms with van der Waals surface area (Å²) in [5.74, 6) is 0.527. The molecule has 0 amide bonds. The maximum Gasteiger partial charge on any atom is 0.236 e. The molecule has 1 aliphatic rings. The minimum absolute atomic E-state index is 0.122. The lowest BCUT2D eigenvalue weighted by Crippen LogP contribution is -2.18. The smallest absolute Gasteiger partial charge is 0.236 e. The monoisotopic (exact) mass is 443 g/mol. The molecule has 2 aromatic carbocycles. The van der Waals surface area contributed by atoms with Crippen LogP contribution in [0.4, 0.5) is 22.9 Å². The SMILES string of the molecule is O=S(=O)(Cc1ccc(Cl)cc1)Nc1ccc(Nc2cc(N3CCCC3)cnn2)cc1. The zero-order chi connectivity index (χ0) is 21.0. The first-order valence-corrected chi connectivity index (χ1v) is 11.7. The number of aromatic nitrogens is 2. The molecule has 0 atom stereocenters. The molecule has 156 valence electrons. The summed E-state index contributed by atoms with van der Waals surface area (Å²) in [4.78, 5) is 2.29. The minimum atomic E-state index is -3.53. The summed E-state index contributed by atoms with van der Waals surface area (Å²) in [5.41, 5.74) is 3.01. The second-order valence-corrected chi connectivity index (χ2v) is 9.34. The van der Waals surface area contributed by atoms with E-state index in [1.807, 2.05) is 6.07 Å². The van der Waals surface area contributed by atoms with E-state index in [0.717, 1.165) is 24.5 Å². The number of hydrogen-bond acceptors (Lipinski definition) is 6.